The summed E-state index contributed by atoms with van der Waals surface area (Å²) in [5.74, 6) is 0.979. The number of benzene rings is 1. The van der Waals surface area contributed by atoms with Gasteiger partial charge < -0.3 is 26.0 Å². The van der Waals surface area contributed by atoms with Gasteiger partial charge in [0.15, 0.2) is 0 Å². The van der Waals surface area contributed by atoms with Crippen LogP contribution >= 0.6 is 0 Å². The maximum atomic E-state index is 5.74. The van der Waals surface area contributed by atoms with Gasteiger partial charge in [0.2, 0.25) is 0 Å². The van der Waals surface area contributed by atoms with Crippen LogP contribution in [0.5, 0.6) is 5.75 Å². The fourth-order valence-corrected chi connectivity index (χ4v) is 2.80. The molecule has 5 heteroatoms. The van der Waals surface area contributed by atoms with E-state index < -0.39 is 0 Å². The van der Waals surface area contributed by atoms with E-state index in [1.165, 1.54) is 12.0 Å². The van der Waals surface area contributed by atoms with E-state index in [9.17, 15) is 0 Å². The molecule has 0 bridgehead atoms. The second-order valence-corrected chi connectivity index (χ2v) is 6.41. The standard InChI is InChI=1S/C19H34N4O/c1-2-3-14-24-19-6-4-17(5-7-19)15-18-16-22-11-10-20-8-9-21-12-13-23-18/h4-7,18,20-23H,2-3,8-16H2,1H3/t18-/m0/s1. The predicted molar refractivity (Wildman–Crippen MR) is 101 cm³/mol. The minimum Gasteiger partial charge on any atom is -0.494 e. The highest BCUT2D eigenvalue weighted by atomic mass is 16.5. The van der Waals surface area contributed by atoms with Crippen LogP contribution in [-0.4, -0.2) is 58.5 Å². The van der Waals surface area contributed by atoms with E-state index in [1.807, 2.05) is 0 Å². The van der Waals surface area contributed by atoms with Gasteiger partial charge in [0.25, 0.3) is 0 Å². The fourth-order valence-electron chi connectivity index (χ4n) is 2.80. The van der Waals surface area contributed by atoms with Crippen molar-refractivity contribution in [2.45, 2.75) is 32.2 Å². The first kappa shape index (κ1) is 19.2. The molecule has 4 N–H and O–H groups in total. The van der Waals surface area contributed by atoms with Gasteiger partial charge in [0.1, 0.15) is 5.75 Å². The van der Waals surface area contributed by atoms with E-state index in [2.05, 4.69) is 52.5 Å². The summed E-state index contributed by atoms with van der Waals surface area (Å²) in [7, 11) is 0. The van der Waals surface area contributed by atoms with Crippen molar-refractivity contribution < 1.29 is 4.74 Å². The first-order chi connectivity index (χ1) is 11.9. The van der Waals surface area contributed by atoms with Crippen LogP contribution in [0.4, 0.5) is 0 Å². The maximum Gasteiger partial charge on any atom is 0.119 e. The molecule has 1 saturated heterocycles. The number of hydrogen-bond acceptors (Lipinski definition) is 5. The Labute approximate surface area is 146 Å². The lowest BCUT2D eigenvalue weighted by Gasteiger charge is -2.21. The van der Waals surface area contributed by atoms with Crippen molar-refractivity contribution in [1.29, 1.82) is 0 Å². The Morgan fingerprint density at radius 3 is 2.29 bits per heavy atom. The Balaban J connectivity index is 1.79. The van der Waals surface area contributed by atoms with Gasteiger partial charge in [-0.05, 0) is 30.5 Å². The van der Waals surface area contributed by atoms with E-state index in [-0.39, 0.29) is 0 Å². The third kappa shape index (κ3) is 8.11. The van der Waals surface area contributed by atoms with E-state index in [1.54, 1.807) is 0 Å². The zero-order chi connectivity index (χ0) is 16.9. The molecule has 5 nitrogen and oxygen atoms in total. The first-order valence-corrected chi connectivity index (χ1v) is 9.45. The first-order valence-electron chi connectivity index (χ1n) is 9.45. The molecule has 24 heavy (non-hydrogen) atoms. The number of rotatable bonds is 6. The molecule has 0 aliphatic carbocycles. The number of unbranched alkanes of at least 4 members (excludes halogenated alkanes) is 1. The van der Waals surface area contributed by atoms with Crippen molar-refractivity contribution in [3.05, 3.63) is 29.8 Å². The molecule has 0 amide bonds. The zero-order valence-electron chi connectivity index (χ0n) is 15.1. The van der Waals surface area contributed by atoms with Crippen LogP contribution in [0.3, 0.4) is 0 Å². The van der Waals surface area contributed by atoms with Crippen LogP contribution in [0.1, 0.15) is 25.3 Å². The Kier molecular flexibility index (Phi) is 9.80. The van der Waals surface area contributed by atoms with Crippen molar-refractivity contribution in [1.82, 2.24) is 21.3 Å². The highest BCUT2D eigenvalue weighted by molar-refractivity contribution is 5.27. The molecule has 0 unspecified atom stereocenters. The normalized spacial score (nSPS) is 20.8. The Hall–Kier alpha value is -1.14. The molecule has 136 valence electrons. The van der Waals surface area contributed by atoms with E-state index in [0.29, 0.717) is 6.04 Å². The summed E-state index contributed by atoms with van der Waals surface area (Å²) in [6.07, 6.45) is 3.32. The second kappa shape index (κ2) is 12.3. The van der Waals surface area contributed by atoms with Crippen molar-refractivity contribution in [2.75, 3.05) is 52.4 Å². The van der Waals surface area contributed by atoms with Crippen LogP contribution in [0, 0.1) is 0 Å². The van der Waals surface area contributed by atoms with Crippen LogP contribution in [0.2, 0.25) is 0 Å². The van der Waals surface area contributed by atoms with Crippen molar-refractivity contribution >= 4 is 0 Å². The van der Waals surface area contributed by atoms with Crippen LogP contribution in [-0.2, 0) is 6.42 Å². The largest absolute Gasteiger partial charge is 0.494 e. The molecule has 0 saturated carbocycles. The van der Waals surface area contributed by atoms with Gasteiger partial charge in [0, 0.05) is 51.9 Å². The van der Waals surface area contributed by atoms with E-state index >= 15 is 0 Å². The molecule has 1 aliphatic heterocycles. The van der Waals surface area contributed by atoms with Crippen LogP contribution in [0.15, 0.2) is 24.3 Å². The Bertz CT molecular complexity index is 412. The fraction of sp³-hybridized carbons (Fsp3) is 0.684. The molecular weight excluding hydrogens is 300 g/mol. The minimum absolute atomic E-state index is 0.457. The van der Waals surface area contributed by atoms with Gasteiger partial charge in [-0.1, -0.05) is 25.5 Å². The van der Waals surface area contributed by atoms with Crippen molar-refractivity contribution in [3.63, 3.8) is 0 Å². The van der Waals surface area contributed by atoms with Gasteiger partial charge in [-0.25, -0.2) is 0 Å². The lowest BCUT2D eigenvalue weighted by molar-refractivity contribution is 0.309. The molecule has 1 atom stereocenters. The molecule has 2 rings (SSSR count). The maximum absolute atomic E-state index is 5.74. The summed E-state index contributed by atoms with van der Waals surface area (Å²) in [5.41, 5.74) is 1.36. The molecule has 0 spiro atoms. The second-order valence-electron chi connectivity index (χ2n) is 6.41. The Morgan fingerprint density at radius 1 is 0.917 bits per heavy atom. The smallest absolute Gasteiger partial charge is 0.119 e. The lowest BCUT2D eigenvalue weighted by Crippen LogP contribution is -2.46. The number of hydrogen-bond donors (Lipinski definition) is 4. The molecule has 1 heterocycles. The summed E-state index contributed by atoms with van der Waals surface area (Å²) < 4.78 is 5.74. The highest BCUT2D eigenvalue weighted by Gasteiger charge is 2.09. The molecular formula is C19H34N4O. The van der Waals surface area contributed by atoms with Crippen LogP contribution < -0.4 is 26.0 Å². The topological polar surface area (TPSA) is 57.4 Å². The zero-order valence-corrected chi connectivity index (χ0v) is 15.1. The summed E-state index contributed by atoms with van der Waals surface area (Å²) in [5, 5.41) is 14.1. The Morgan fingerprint density at radius 2 is 1.58 bits per heavy atom. The molecule has 1 aromatic rings. The molecule has 0 radical (unpaired) electrons. The lowest BCUT2D eigenvalue weighted by atomic mass is 10.1. The quantitative estimate of drug-likeness (QED) is 0.588. The average Bonchev–Trinajstić information content (AvgIpc) is 2.59. The van der Waals surface area contributed by atoms with Crippen molar-refractivity contribution in [3.8, 4) is 5.75 Å². The average molecular weight is 335 g/mol. The molecule has 1 fully saturated rings. The van der Waals surface area contributed by atoms with E-state index in [0.717, 1.165) is 71.0 Å². The number of nitrogens with one attached hydrogen (secondary N) is 4. The third-order valence-electron chi connectivity index (χ3n) is 4.25. The molecule has 0 aromatic heterocycles. The summed E-state index contributed by atoms with van der Waals surface area (Å²) in [6.45, 7) is 10.1. The summed E-state index contributed by atoms with van der Waals surface area (Å²) in [6, 6.07) is 9.04. The number of ether oxygens (including phenoxy) is 1. The third-order valence-corrected chi connectivity index (χ3v) is 4.25. The van der Waals surface area contributed by atoms with E-state index in [4.69, 9.17) is 4.74 Å². The van der Waals surface area contributed by atoms with Gasteiger partial charge in [-0.15, -0.1) is 0 Å². The summed E-state index contributed by atoms with van der Waals surface area (Å²) >= 11 is 0. The van der Waals surface area contributed by atoms with Gasteiger partial charge >= 0.3 is 0 Å². The molecule has 1 aromatic carbocycles. The summed E-state index contributed by atoms with van der Waals surface area (Å²) in [4.78, 5) is 0. The predicted octanol–water partition coefficient (Wildman–Crippen LogP) is 1.15. The SMILES string of the molecule is CCCCOc1ccc(C[C@H]2CNCCNCCNCCN2)cc1. The van der Waals surface area contributed by atoms with Gasteiger partial charge in [0.05, 0.1) is 6.61 Å². The van der Waals surface area contributed by atoms with Gasteiger partial charge in [-0.3, -0.25) is 0 Å². The molecule has 1 aliphatic rings. The van der Waals surface area contributed by atoms with Gasteiger partial charge in [-0.2, -0.15) is 0 Å². The monoisotopic (exact) mass is 334 g/mol. The van der Waals surface area contributed by atoms with Crippen LogP contribution in [0.25, 0.3) is 0 Å². The minimum atomic E-state index is 0.457. The van der Waals surface area contributed by atoms with Crippen molar-refractivity contribution in [2.24, 2.45) is 0 Å². The highest BCUT2D eigenvalue weighted by Crippen LogP contribution is 2.14.